The summed E-state index contributed by atoms with van der Waals surface area (Å²) in [6, 6.07) is 14.4. The van der Waals surface area contributed by atoms with Gasteiger partial charge in [0.05, 0.1) is 0 Å². The molecule has 0 amide bonds. The Morgan fingerprint density at radius 1 is 1.00 bits per heavy atom. The van der Waals surface area contributed by atoms with Crippen molar-refractivity contribution in [2.75, 3.05) is 5.32 Å². The molecule has 1 aromatic carbocycles. The van der Waals surface area contributed by atoms with Crippen LogP contribution in [0.3, 0.4) is 0 Å². The third-order valence-electron chi connectivity index (χ3n) is 3.11. The summed E-state index contributed by atoms with van der Waals surface area (Å²) in [7, 11) is 0. The van der Waals surface area contributed by atoms with Crippen LogP contribution in [-0.2, 0) is 6.54 Å². The number of benzene rings is 1. The summed E-state index contributed by atoms with van der Waals surface area (Å²) in [6.07, 6.45) is 3.73. The first kappa shape index (κ1) is 11.7. The van der Waals surface area contributed by atoms with E-state index in [2.05, 4.69) is 33.5 Å². The van der Waals surface area contributed by atoms with Gasteiger partial charge in [-0.05, 0) is 30.0 Å². The van der Waals surface area contributed by atoms with E-state index in [1.165, 1.54) is 5.39 Å². The Hall–Kier alpha value is -2.42. The molecule has 94 valence electrons. The maximum Gasteiger partial charge on any atom is 0.134 e. The van der Waals surface area contributed by atoms with Gasteiger partial charge in [-0.15, -0.1) is 0 Å². The monoisotopic (exact) mass is 249 g/mol. The molecular formula is C16H15N3. The molecule has 0 fully saturated rings. The second-order valence-electron chi connectivity index (χ2n) is 4.54. The number of aromatic nitrogens is 2. The molecule has 0 aliphatic heterocycles. The van der Waals surface area contributed by atoms with Crippen LogP contribution in [0.1, 0.15) is 11.3 Å². The molecule has 3 aromatic rings. The standard InChI is InChI=1S/C16H15N3/c1-12-6-7-13(10-18-12)11-19-16-15-5-3-2-4-14(15)8-9-17-16/h2-10H,11H2,1H3,(H,17,19). The summed E-state index contributed by atoms with van der Waals surface area (Å²) >= 11 is 0. The smallest absolute Gasteiger partial charge is 0.134 e. The number of rotatable bonds is 3. The lowest BCUT2D eigenvalue weighted by Crippen LogP contribution is -2.02. The number of fused-ring (bicyclic) bond motifs is 1. The fraction of sp³-hybridized carbons (Fsp3) is 0.125. The van der Waals surface area contributed by atoms with Crippen molar-refractivity contribution in [1.29, 1.82) is 0 Å². The quantitative estimate of drug-likeness (QED) is 0.771. The van der Waals surface area contributed by atoms with E-state index >= 15 is 0 Å². The van der Waals surface area contributed by atoms with E-state index < -0.39 is 0 Å². The Labute approximate surface area is 112 Å². The van der Waals surface area contributed by atoms with Crippen molar-refractivity contribution in [3.05, 3.63) is 66.1 Å². The molecule has 0 aliphatic carbocycles. The third-order valence-corrected chi connectivity index (χ3v) is 3.11. The van der Waals surface area contributed by atoms with Crippen molar-refractivity contribution in [3.8, 4) is 0 Å². The Kier molecular flexibility index (Phi) is 3.11. The number of anilines is 1. The van der Waals surface area contributed by atoms with Gasteiger partial charge >= 0.3 is 0 Å². The van der Waals surface area contributed by atoms with Crippen LogP contribution in [0, 0.1) is 6.92 Å². The van der Waals surface area contributed by atoms with Crippen molar-refractivity contribution in [2.45, 2.75) is 13.5 Å². The van der Waals surface area contributed by atoms with Crippen molar-refractivity contribution in [3.63, 3.8) is 0 Å². The summed E-state index contributed by atoms with van der Waals surface area (Å²) in [5, 5.41) is 5.71. The average Bonchev–Trinajstić information content (AvgIpc) is 2.47. The molecule has 19 heavy (non-hydrogen) atoms. The Bertz CT molecular complexity index is 684. The lowest BCUT2D eigenvalue weighted by molar-refractivity contribution is 1.07. The molecule has 2 heterocycles. The average molecular weight is 249 g/mol. The lowest BCUT2D eigenvalue weighted by atomic mass is 10.1. The number of nitrogens with one attached hydrogen (secondary N) is 1. The summed E-state index contributed by atoms with van der Waals surface area (Å²) in [5.74, 6) is 0.915. The third kappa shape index (κ3) is 2.55. The fourth-order valence-corrected chi connectivity index (χ4v) is 2.05. The van der Waals surface area contributed by atoms with E-state index in [1.54, 1.807) is 0 Å². The highest BCUT2D eigenvalue weighted by Gasteiger charge is 2.01. The van der Waals surface area contributed by atoms with Gasteiger partial charge in [-0.2, -0.15) is 0 Å². The number of hydrogen-bond donors (Lipinski definition) is 1. The lowest BCUT2D eigenvalue weighted by Gasteiger charge is -2.08. The van der Waals surface area contributed by atoms with Gasteiger partial charge in [0.25, 0.3) is 0 Å². The molecule has 3 rings (SSSR count). The molecule has 0 saturated carbocycles. The predicted octanol–water partition coefficient (Wildman–Crippen LogP) is 3.55. The largest absolute Gasteiger partial charge is 0.365 e. The van der Waals surface area contributed by atoms with Gasteiger partial charge in [0.15, 0.2) is 0 Å². The van der Waals surface area contributed by atoms with E-state index in [9.17, 15) is 0 Å². The maximum absolute atomic E-state index is 4.41. The Balaban J connectivity index is 1.84. The predicted molar refractivity (Wildman–Crippen MR) is 78.0 cm³/mol. The van der Waals surface area contributed by atoms with Crippen LogP contribution in [0.15, 0.2) is 54.9 Å². The molecule has 2 aromatic heterocycles. The minimum absolute atomic E-state index is 0.730. The summed E-state index contributed by atoms with van der Waals surface area (Å²) < 4.78 is 0. The van der Waals surface area contributed by atoms with Crippen molar-refractivity contribution < 1.29 is 0 Å². The molecule has 3 heteroatoms. The summed E-state index contributed by atoms with van der Waals surface area (Å²) in [5.41, 5.74) is 2.19. The first-order valence-corrected chi connectivity index (χ1v) is 6.32. The normalized spacial score (nSPS) is 10.6. The van der Waals surface area contributed by atoms with E-state index in [4.69, 9.17) is 0 Å². The number of hydrogen-bond acceptors (Lipinski definition) is 3. The highest BCUT2D eigenvalue weighted by Crippen LogP contribution is 2.20. The van der Waals surface area contributed by atoms with Gasteiger partial charge < -0.3 is 5.32 Å². The van der Waals surface area contributed by atoms with Crippen LogP contribution < -0.4 is 5.32 Å². The van der Waals surface area contributed by atoms with Crippen LogP contribution in [-0.4, -0.2) is 9.97 Å². The topological polar surface area (TPSA) is 37.8 Å². The van der Waals surface area contributed by atoms with Gasteiger partial charge in [0.2, 0.25) is 0 Å². The fourth-order valence-electron chi connectivity index (χ4n) is 2.05. The highest BCUT2D eigenvalue weighted by molar-refractivity contribution is 5.91. The molecule has 0 unspecified atom stereocenters. The van der Waals surface area contributed by atoms with Crippen LogP contribution in [0.4, 0.5) is 5.82 Å². The second kappa shape index (κ2) is 5.06. The minimum Gasteiger partial charge on any atom is -0.365 e. The SMILES string of the molecule is Cc1ccc(CNc2nccc3ccccc23)cn1. The maximum atomic E-state index is 4.41. The molecule has 0 atom stereocenters. The van der Waals surface area contributed by atoms with Crippen LogP contribution in [0.5, 0.6) is 0 Å². The van der Waals surface area contributed by atoms with Gasteiger partial charge in [-0.3, -0.25) is 4.98 Å². The van der Waals surface area contributed by atoms with E-state index in [1.807, 2.05) is 43.6 Å². The zero-order valence-electron chi connectivity index (χ0n) is 10.8. The number of pyridine rings is 2. The number of nitrogens with zero attached hydrogens (tertiary/aromatic N) is 2. The molecule has 0 saturated heterocycles. The van der Waals surface area contributed by atoms with Crippen molar-refractivity contribution >= 4 is 16.6 Å². The summed E-state index contributed by atoms with van der Waals surface area (Å²) in [6.45, 7) is 2.72. The molecular weight excluding hydrogens is 234 g/mol. The second-order valence-corrected chi connectivity index (χ2v) is 4.54. The Morgan fingerprint density at radius 2 is 1.89 bits per heavy atom. The van der Waals surface area contributed by atoms with Crippen LogP contribution >= 0.6 is 0 Å². The summed E-state index contributed by atoms with van der Waals surface area (Å²) in [4.78, 5) is 8.70. The van der Waals surface area contributed by atoms with Gasteiger partial charge in [0, 0.05) is 30.0 Å². The van der Waals surface area contributed by atoms with Gasteiger partial charge in [0.1, 0.15) is 5.82 Å². The van der Waals surface area contributed by atoms with Crippen molar-refractivity contribution in [2.24, 2.45) is 0 Å². The molecule has 0 radical (unpaired) electrons. The first-order valence-electron chi connectivity index (χ1n) is 6.32. The molecule has 0 bridgehead atoms. The van der Waals surface area contributed by atoms with Crippen LogP contribution in [0.25, 0.3) is 10.8 Å². The molecule has 3 nitrogen and oxygen atoms in total. The first-order chi connectivity index (χ1) is 9.33. The van der Waals surface area contributed by atoms with E-state index in [-0.39, 0.29) is 0 Å². The van der Waals surface area contributed by atoms with E-state index in [0.29, 0.717) is 0 Å². The molecule has 0 spiro atoms. The minimum atomic E-state index is 0.730. The van der Waals surface area contributed by atoms with E-state index in [0.717, 1.165) is 29.0 Å². The zero-order chi connectivity index (χ0) is 13.1. The molecule has 0 aliphatic rings. The van der Waals surface area contributed by atoms with Crippen LogP contribution in [0.2, 0.25) is 0 Å². The van der Waals surface area contributed by atoms with Gasteiger partial charge in [-0.1, -0.05) is 30.3 Å². The molecule has 1 N–H and O–H groups in total. The zero-order valence-corrected chi connectivity index (χ0v) is 10.8. The Morgan fingerprint density at radius 3 is 2.74 bits per heavy atom. The van der Waals surface area contributed by atoms with Gasteiger partial charge in [-0.25, -0.2) is 4.98 Å². The number of aryl methyl sites for hydroxylation is 1. The highest BCUT2D eigenvalue weighted by atomic mass is 15.0. The van der Waals surface area contributed by atoms with Crippen molar-refractivity contribution in [1.82, 2.24) is 9.97 Å².